The van der Waals surface area contributed by atoms with Crippen molar-refractivity contribution in [2.24, 2.45) is 0 Å². The van der Waals surface area contributed by atoms with Crippen LogP contribution >= 0.6 is 0 Å². The summed E-state index contributed by atoms with van der Waals surface area (Å²) in [6, 6.07) is 0. The SMILES string of the molecule is CCCCC(=O)C1(C(=O)O)OO1. The van der Waals surface area contributed by atoms with Gasteiger partial charge in [-0.25, -0.2) is 4.79 Å². The van der Waals surface area contributed by atoms with Gasteiger partial charge in [0.2, 0.25) is 5.78 Å². The minimum absolute atomic E-state index is 0.183. The second kappa shape index (κ2) is 3.20. The van der Waals surface area contributed by atoms with Crippen LogP contribution in [0, 0.1) is 0 Å². The van der Waals surface area contributed by atoms with Crippen LogP contribution in [0.1, 0.15) is 26.2 Å². The summed E-state index contributed by atoms with van der Waals surface area (Å²) < 4.78 is 0. The highest BCUT2D eigenvalue weighted by atomic mass is 17.4. The minimum atomic E-state index is -1.96. The Hall–Kier alpha value is -0.940. The van der Waals surface area contributed by atoms with Crippen LogP contribution in [0.15, 0.2) is 0 Å². The lowest BCUT2D eigenvalue weighted by molar-refractivity contribution is -0.149. The molecule has 1 heterocycles. The van der Waals surface area contributed by atoms with Crippen LogP contribution in [0.3, 0.4) is 0 Å². The maximum atomic E-state index is 11.1. The van der Waals surface area contributed by atoms with Crippen molar-refractivity contribution in [2.75, 3.05) is 0 Å². The van der Waals surface area contributed by atoms with Gasteiger partial charge >= 0.3 is 11.8 Å². The van der Waals surface area contributed by atoms with Gasteiger partial charge in [0.05, 0.1) is 0 Å². The lowest BCUT2D eigenvalue weighted by Crippen LogP contribution is -2.33. The van der Waals surface area contributed by atoms with Crippen molar-refractivity contribution in [1.82, 2.24) is 0 Å². The molecule has 5 heteroatoms. The van der Waals surface area contributed by atoms with E-state index in [4.69, 9.17) is 5.11 Å². The summed E-state index contributed by atoms with van der Waals surface area (Å²) in [7, 11) is 0. The summed E-state index contributed by atoms with van der Waals surface area (Å²) in [6.07, 6.45) is 1.67. The van der Waals surface area contributed by atoms with Crippen LogP contribution in [0.4, 0.5) is 0 Å². The normalized spacial score (nSPS) is 18.8. The Morgan fingerprint density at radius 2 is 2.00 bits per heavy atom. The highest BCUT2D eigenvalue weighted by Gasteiger charge is 2.63. The van der Waals surface area contributed by atoms with Crippen LogP contribution in [-0.4, -0.2) is 22.6 Å². The van der Waals surface area contributed by atoms with Crippen molar-refractivity contribution in [3.63, 3.8) is 0 Å². The molecule has 0 unspecified atom stereocenters. The fraction of sp³-hybridized carbons (Fsp3) is 0.714. The number of hydrogen-bond acceptors (Lipinski definition) is 4. The van der Waals surface area contributed by atoms with Crippen LogP contribution in [0.2, 0.25) is 0 Å². The first-order valence-electron chi connectivity index (χ1n) is 3.77. The second-order valence-corrected chi connectivity index (χ2v) is 2.62. The molecule has 1 N–H and O–H groups in total. The molecule has 0 radical (unpaired) electrons. The molecule has 68 valence electrons. The summed E-state index contributed by atoms with van der Waals surface area (Å²) in [5, 5.41) is 8.50. The maximum absolute atomic E-state index is 11.1. The molecule has 0 aromatic carbocycles. The van der Waals surface area contributed by atoms with Gasteiger partial charge in [0.1, 0.15) is 0 Å². The average molecular weight is 174 g/mol. The number of Topliss-reactive ketones (excluding diaryl/α,β-unsaturated/α-hetero) is 1. The lowest BCUT2D eigenvalue weighted by atomic mass is 10.1. The van der Waals surface area contributed by atoms with Crippen LogP contribution < -0.4 is 0 Å². The number of carboxylic acids is 1. The van der Waals surface area contributed by atoms with E-state index in [0.717, 1.165) is 6.42 Å². The molecule has 0 aromatic heterocycles. The van der Waals surface area contributed by atoms with E-state index in [-0.39, 0.29) is 6.42 Å². The van der Waals surface area contributed by atoms with E-state index in [0.29, 0.717) is 6.42 Å². The molecule has 0 atom stereocenters. The monoisotopic (exact) mass is 174 g/mol. The van der Waals surface area contributed by atoms with E-state index in [9.17, 15) is 9.59 Å². The molecule has 1 rings (SSSR count). The summed E-state index contributed by atoms with van der Waals surface area (Å²) >= 11 is 0. The fourth-order valence-electron chi connectivity index (χ4n) is 0.827. The molecule has 0 amide bonds. The zero-order chi connectivity index (χ0) is 9.19. The molecule has 1 fully saturated rings. The molecule has 0 spiro atoms. The fourth-order valence-corrected chi connectivity index (χ4v) is 0.827. The smallest absolute Gasteiger partial charge is 0.385 e. The summed E-state index contributed by atoms with van der Waals surface area (Å²) in [5.74, 6) is -3.85. The summed E-state index contributed by atoms with van der Waals surface area (Å²) in [6.45, 7) is 1.91. The predicted molar refractivity (Wildman–Crippen MR) is 37.1 cm³/mol. The van der Waals surface area contributed by atoms with Crippen LogP contribution in [0.5, 0.6) is 0 Å². The average Bonchev–Trinajstić information content (AvgIpc) is 2.80. The predicted octanol–water partition coefficient (Wildman–Crippen LogP) is 0.488. The third-order valence-corrected chi connectivity index (χ3v) is 1.66. The van der Waals surface area contributed by atoms with Gasteiger partial charge in [-0.15, -0.1) is 0 Å². The number of ketones is 1. The van der Waals surface area contributed by atoms with Crippen LogP contribution in [-0.2, 0) is 19.4 Å². The molecule has 0 aliphatic carbocycles. The van der Waals surface area contributed by atoms with E-state index in [1.54, 1.807) is 0 Å². The number of unbranched alkanes of at least 4 members (excludes halogenated alkanes) is 1. The number of carbonyl (C=O) groups is 2. The Labute approximate surface area is 69.2 Å². The highest BCUT2D eigenvalue weighted by Crippen LogP contribution is 2.32. The topological polar surface area (TPSA) is 79.4 Å². The third-order valence-electron chi connectivity index (χ3n) is 1.66. The number of rotatable bonds is 5. The van der Waals surface area contributed by atoms with Gasteiger partial charge in [-0.2, -0.15) is 9.78 Å². The van der Waals surface area contributed by atoms with E-state index in [2.05, 4.69) is 9.78 Å². The summed E-state index contributed by atoms with van der Waals surface area (Å²) in [4.78, 5) is 29.8. The first kappa shape index (κ1) is 9.15. The van der Waals surface area contributed by atoms with Crippen molar-refractivity contribution in [1.29, 1.82) is 0 Å². The first-order valence-corrected chi connectivity index (χ1v) is 3.77. The molecule has 12 heavy (non-hydrogen) atoms. The van der Waals surface area contributed by atoms with E-state index in [1.807, 2.05) is 6.92 Å². The Bertz CT molecular complexity index is 206. The summed E-state index contributed by atoms with van der Waals surface area (Å²) in [5.41, 5.74) is 0. The Morgan fingerprint density at radius 1 is 1.42 bits per heavy atom. The van der Waals surface area contributed by atoms with Crippen molar-refractivity contribution < 1.29 is 24.5 Å². The lowest BCUT2D eigenvalue weighted by Gasteiger charge is -1.98. The Balaban J connectivity index is 2.47. The number of aliphatic carboxylic acids is 1. The Morgan fingerprint density at radius 3 is 2.33 bits per heavy atom. The van der Waals surface area contributed by atoms with Gasteiger partial charge in [0, 0.05) is 6.42 Å². The second-order valence-electron chi connectivity index (χ2n) is 2.62. The molecule has 0 aromatic rings. The van der Waals surface area contributed by atoms with Crippen molar-refractivity contribution >= 4 is 11.8 Å². The number of carboxylic acid groups (broad SMARTS) is 1. The third kappa shape index (κ3) is 1.46. The van der Waals surface area contributed by atoms with Crippen LogP contribution in [0.25, 0.3) is 0 Å². The highest BCUT2D eigenvalue weighted by molar-refractivity contribution is 6.06. The standard InChI is InChI=1S/C7H10O5/c1-2-3-4-5(8)7(6(9)10)11-12-7/h2-4H2,1H3,(H,9,10). The molecule has 1 aliphatic heterocycles. The molecular weight excluding hydrogens is 164 g/mol. The minimum Gasteiger partial charge on any atom is -0.477 e. The largest absolute Gasteiger partial charge is 0.477 e. The number of hydrogen-bond donors (Lipinski definition) is 1. The van der Waals surface area contributed by atoms with Gasteiger partial charge in [-0.05, 0) is 6.42 Å². The first-order chi connectivity index (χ1) is 5.63. The van der Waals surface area contributed by atoms with Gasteiger partial charge in [-0.3, -0.25) is 4.79 Å². The van der Waals surface area contributed by atoms with Crippen molar-refractivity contribution in [3.05, 3.63) is 0 Å². The van der Waals surface area contributed by atoms with E-state index < -0.39 is 17.5 Å². The van der Waals surface area contributed by atoms with E-state index >= 15 is 0 Å². The Kier molecular flexibility index (Phi) is 2.44. The quantitative estimate of drug-likeness (QED) is 0.372. The van der Waals surface area contributed by atoms with Gasteiger partial charge < -0.3 is 5.11 Å². The van der Waals surface area contributed by atoms with Gasteiger partial charge in [-0.1, -0.05) is 13.3 Å². The molecule has 1 aliphatic rings. The van der Waals surface area contributed by atoms with Crippen molar-refractivity contribution in [2.45, 2.75) is 32.0 Å². The molecule has 1 saturated heterocycles. The zero-order valence-corrected chi connectivity index (χ0v) is 6.70. The zero-order valence-electron chi connectivity index (χ0n) is 6.70. The van der Waals surface area contributed by atoms with Gasteiger partial charge in [0.15, 0.2) is 0 Å². The molecular formula is C7H10O5. The number of carbonyl (C=O) groups excluding carboxylic acids is 1. The molecule has 5 nitrogen and oxygen atoms in total. The maximum Gasteiger partial charge on any atom is 0.385 e. The molecule has 0 bridgehead atoms. The molecule has 0 saturated carbocycles. The van der Waals surface area contributed by atoms with Gasteiger partial charge in [0.25, 0.3) is 0 Å². The van der Waals surface area contributed by atoms with E-state index in [1.165, 1.54) is 0 Å². The van der Waals surface area contributed by atoms with Crippen molar-refractivity contribution in [3.8, 4) is 0 Å².